The van der Waals surface area contributed by atoms with Gasteiger partial charge in [-0.15, -0.1) is 12.3 Å². The lowest BCUT2D eigenvalue weighted by molar-refractivity contribution is 0.476. The van der Waals surface area contributed by atoms with E-state index < -0.39 is 0 Å². The molecular formula is C13H10O. The molecule has 14 heavy (non-hydrogen) atoms. The van der Waals surface area contributed by atoms with Crippen LogP contribution in [0.5, 0.6) is 5.75 Å². The number of aromatic hydroxyl groups is 1. The predicted octanol–water partition coefficient (Wildman–Crippen LogP) is 2.72. The molecule has 1 nitrogen and oxygen atoms in total. The van der Waals surface area contributed by atoms with Gasteiger partial charge in [0, 0.05) is 6.42 Å². The molecule has 0 bridgehead atoms. The summed E-state index contributed by atoms with van der Waals surface area (Å²) in [5.74, 6) is 2.90. The topological polar surface area (TPSA) is 20.2 Å². The van der Waals surface area contributed by atoms with Crippen molar-refractivity contribution in [3.8, 4) is 18.1 Å². The minimum absolute atomic E-state index is 0.294. The SMILES string of the molecule is C#CCc1ccc2cc(O)ccc2c1. The number of phenolic OH excluding ortho intramolecular Hbond substituents is 1. The van der Waals surface area contributed by atoms with Crippen molar-refractivity contribution >= 4 is 10.8 Å². The third-order valence-electron chi connectivity index (χ3n) is 2.19. The summed E-state index contributed by atoms with van der Waals surface area (Å²) in [7, 11) is 0. The molecule has 0 heterocycles. The van der Waals surface area contributed by atoms with E-state index in [4.69, 9.17) is 6.42 Å². The Kier molecular flexibility index (Phi) is 2.12. The van der Waals surface area contributed by atoms with Gasteiger partial charge in [-0.25, -0.2) is 0 Å². The fraction of sp³-hybridized carbons (Fsp3) is 0.0769. The summed E-state index contributed by atoms with van der Waals surface area (Å²) in [6.07, 6.45) is 5.89. The van der Waals surface area contributed by atoms with E-state index in [0.29, 0.717) is 12.2 Å². The molecule has 0 atom stereocenters. The van der Waals surface area contributed by atoms with Crippen LogP contribution in [0, 0.1) is 12.3 Å². The Labute approximate surface area is 83.0 Å². The first kappa shape index (κ1) is 8.65. The highest BCUT2D eigenvalue weighted by atomic mass is 16.3. The van der Waals surface area contributed by atoms with E-state index in [1.165, 1.54) is 0 Å². The Bertz CT molecular complexity index is 506. The molecule has 0 aliphatic carbocycles. The Balaban J connectivity index is 2.57. The molecule has 1 heteroatoms. The van der Waals surface area contributed by atoms with E-state index in [-0.39, 0.29) is 0 Å². The van der Waals surface area contributed by atoms with Crippen LogP contribution in [0.3, 0.4) is 0 Å². The summed E-state index contributed by atoms with van der Waals surface area (Å²) in [4.78, 5) is 0. The first-order valence-corrected chi connectivity index (χ1v) is 4.45. The number of rotatable bonds is 1. The third-order valence-corrected chi connectivity index (χ3v) is 2.19. The minimum atomic E-state index is 0.294. The van der Waals surface area contributed by atoms with Crippen LogP contribution in [0.2, 0.25) is 0 Å². The predicted molar refractivity (Wildman–Crippen MR) is 58.1 cm³/mol. The fourth-order valence-corrected chi connectivity index (χ4v) is 1.51. The number of hydrogen-bond acceptors (Lipinski definition) is 1. The van der Waals surface area contributed by atoms with Crippen molar-refractivity contribution in [2.75, 3.05) is 0 Å². The molecule has 0 saturated heterocycles. The zero-order chi connectivity index (χ0) is 9.97. The highest BCUT2D eigenvalue weighted by Crippen LogP contribution is 2.21. The number of hydrogen-bond donors (Lipinski definition) is 1. The zero-order valence-corrected chi connectivity index (χ0v) is 7.70. The molecule has 2 aromatic carbocycles. The second kappa shape index (κ2) is 3.43. The van der Waals surface area contributed by atoms with Gasteiger partial charge in [0.25, 0.3) is 0 Å². The summed E-state index contributed by atoms with van der Waals surface area (Å²) >= 11 is 0. The van der Waals surface area contributed by atoms with Crippen molar-refractivity contribution in [1.82, 2.24) is 0 Å². The Morgan fingerprint density at radius 2 is 1.79 bits per heavy atom. The van der Waals surface area contributed by atoms with Gasteiger partial charge in [-0.3, -0.25) is 0 Å². The van der Waals surface area contributed by atoms with Gasteiger partial charge in [0.15, 0.2) is 0 Å². The van der Waals surface area contributed by atoms with Crippen molar-refractivity contribution in [3.05, 3.63) is 42.0 Å². The summed E-state index contributed by atoms with van der Waals surface area (Å²) in [5, 5.41) is 11.4. The van der Waals surface area contributed by atoms with Crippen LogP contribution < -0.4 is 0 Å². The fourth-order valence-electron chi connectivity index (χ4n) is 1.51. The smallest absolute Gasteiger partial charge is 0.116 e. The van der Waals surface area contributed by atoms with Gasteiger partial charge in [0.05, 0.1) is 0 Å². The standard InChI is InChI=1S/C13H10O/c1-2-3-10-4-5-12-9-13(14)7-6-11(12)8-10/h1,4-9,14H,3H2. The lowest BCUT2D eigenvalue weighted by atomic mass is 10.1. The third kappa shape index (κ3) is 1.55. The normalized spacial score (nSPS) is 9.93. The van der Waals surface area contributed by atoms with Crippen molar-refractivity contribution < 1.29 is 5.11 Å². The molecule has 0 fully saturated rings. The van der Waals surface area contributed by atoms with E-state index in [1.54, 1.807) is 12.1 Å². The maximum absolute atomic E-state index is 9.27. The molecule has 0 aliphatic heterocycles. The molecule has 0 aliphatic rings. The molecule has 0 unspecified atom stereocenters. The zero-order valence-electron chi connectivity index (χ0n) is 7.70. The van der Waals surface area contributed by atoms with Crippen LogP contribution >= 0.6 is 0 Å². The summed E-state index contributed by atoms with van der Waals surface area (Å²) in [6.45, 7) is 0. The summed E-state index contributed by atoms with van der Waals surface area (Å²) in [6, 6.07) is 11.3. The highest BCUT2D eigenvalue weighted by Gasteiger charge is 1.96. The second-order valence-electron chi connectivity index (χ2n) is 3.25. The molecule has 0 spiro atoms. The van der Waals surface area contributed by atoms with Crippen molar-refractivity contribution in [3.63, 3.8) is 0 Å². The molecule has 68 valence electrons. The van der Waals surface area contributed by atoms with Crippen LogP contribution in [0.15, 0.2) is 36.4 Å². The van der Waals surface area contributed by atoms with E-state index in [1.807, 2.05) is 18.2 Å². The number of terminal acetylenes is 1. The Morgan fingerprint density at radius 3 is 2.57 bits per heavy atom. The average Bonchev–Trinajstić information content (AvgIpc) is 2.19. The molecule has 0 amide bonds. The lowest BCUT2D eigenvalue weighted by Crippen LogP contribution is -1.81. The van der Waals surface area contributed by atoms with Gasteiger partial charge < -0.3 is 5.11 Å². The van der Waals surface area contributed by atoms with Gasteiger partial charge in [0.2, 0.25) is 0 Å². The van der Waals surface area contributed by atoms with Crippen molar-refractivity contribution in [2.45, 2.75) is 6.42 Å². The number of phenols is 1. The van der Waals surface area contributed by atoms with E-state index in [0.717, 1.165) is 16.3 Å². The molecule has 2 aromatic rings. The highest BCUT2D eigenvalue weighted by molar-refractivity contribution is 5.84. The van der Waals surface area contributed by atoms with Crippen LogP contribution in [-0.4, -0.2) is 5.11 Å². The first-order chi connectivity index (χ1) is 6.79. The maximum Gasteiger partial charge on any atom is 0.116 e. The first-order valence-electron chi connectivity index (χ1n) is 4.45. The monoisotopic (exact) mass is 182 g/mol. The minimum Gasteiger partial charge on any atom is -0.508 e. The van der Waals surface area contributed by atoms with Crippen molar-refractivity contribution in [1.29, 1.82) is 0 Å². The van der Waals surface area contributed by atoms with Crippen molar-refractivity contribution in [2.24, 2.45) is 0 Å². The lowest BCUT2D eigenvalue weighted by Gasteiger charge is -2.01. The summed E-state index contributed by atoms with van der Waals surface area (Å²) in [5.41, 5.74) is 1.13. The average molecular weight is 182 g/mol. The van der Waals surface area contributed by atoms with Gasteiger partial charge >= 0.3 is 0 Å². The molecular weight excluding hydrogens is 172 g/mol. The summed E-state index contributed by atoms with van der Waals surface area (Å²) < 4.78 is 0. The van der Waals surface area contributed by atoms with E-state index in [2.05, 4.69) is 12.0 Å². The van der Waals surface area contributed by atoms with Gasteiger partial charge in [-0.2, -0.15) is 0 Å². The Hall–Kier alpha value is -1.94. The number of benzene rings is 2. The molecule has 0 aromatic heterocycles. The van der Waals surface area contributed by atoms with Crippen LogP contribution in [0.4, 0.5) is 0 Å². The largest absolute Gasteiger partial charge is 0.508 e. The molecule has 1 N–H and O–H groups in total. The van der Waals surface area contributed by atoms with Gasteiger partial charge in [0.1, 0.15) is 5.75 Å². The van der Waals surface area contributed by atoms with Crippen LogP contribution in [0.25, 0.3) is 10.8 Å². The van der Waals surface area contributed by atoms with Crippen LogP contribution in [0.1, 0.15) is 5.56 Å². The van der Waals surface area contributed by atoms with E-state index in [9.17, 15) is 5.11 Å². The maximum atomic E-state index is 9.27. The quantitative estimate of drug-likeness (QED) is 0.672. The second-order valence-corrected chi connectivity index (χ2v) is 3.25. The van der Waals surface area contributed by atoms with Gasteiger partial charge in [-0.1, -0.05) is 24.3 Å². The molecule has 2 rings (SSSR count). The Morgan fingerprint density at radius 1 is 1.07 bits per heavy atom. The van der Waals surface area contributed by atoms with E-state index >= 15 is 0 Å². The van der Waals surface area contributed by atoms with Crippen LogP contribution in [-0.2, 0) is 6.42 Å². The molecule has 0 radical (unpaired) electrons. The van der Waals surface area contributed by atoms with Gasteiger partial charge in [-0.05, 0) is 28.5 Å². The number of fused-ring (bicyclic) bond motifs is 1. The molecule has 0 saturated carbocycles.